The van der Waals surface area contributed by atoms with Crippen LogP contribution in [0.25, 0.3) is 22.4 Å². The second-order valence-electron chi connectivity index (χ2n) is 11.0. The molecule has 1 N–H and O–H groups in total. The van der Waals surface area contributed by atoms with E-state index in [1.54, 1.807) is 16.7 Å². The summed E-state index contributed by atoms with van der Waals surface area (Å²) in [5, 5.41) is 3.47. The number of pyridine rings is 1. The van der Waals surface area contributed by atoms with Crippen molar-refractivity contribution in [3.05, 3.63) is 36.8 Å². The maximum atomic E-state index is 12.7. The first-order valence-electron chi connectivity index (χ1n) is 12.8. The molecule has 1 aliphatic heterocycles. The average molecular weight is 549 g/mol. The predicted octanol–water partition coefficient (Wildman–Crippen LogP) is 4.02. The molecular weight excluding hydrogens is 508 g/mol. The van der Waals surface area contributed by atoms with E-state index in [9.17, 15) is 8.42 Å². The van der Waals surface area contributed by atoms with E-state index < -0.39 is 20.1 Å². The van der Waals surface area contributed by atoms with Gasteiger partial charge in [0.05, 0.1) is 24.3 Å². The van der Waals surface area contributed by atoms with Crippen molar-refractivity contribution in [1.29, 1.82) is 0 Å². The van der Waals surface area contributed by atoms with Gasteiger partial charge in [-0.1, -0.05) is 13.8 Å². The molecule has 4 rings (SSSR count). The highest BCUT2D eigenvalue weighted by Crippen LogP contribution is 2.33. The van der Waals surface area contributed by atoms with Crippen LogP contribution in [0.4, 0.5) is 5.82 Å². The zero-order valence-corrected chi connectivity index (χ0v) is 24.2. The Morgan fingerprint density at radius 3 is 2.73 bits per heavy atom. The van der Waals surface area contributed by atoms with Crippen LogP contribution in [0.15, 0.2) is 36.8 Å². The molecule has 0 spiro atoms. The number of ether oxygens (including phenoxy) is 1. The molecule has 204 valence electrons. The number of rotatable bonds is 12. The Morgan fingerprint density at radius 1 is 1.16 bits per heavy atom. The molecule has 0 radical (unpaired) electrons. The van der Waals surface area contributed by atoms with Gasteiger partial charge in [-0.15, -0.1) is 0 Å². The molecule has 37 heavy (non-hydrogen) atoms. The van der Waals surface area contributed by atoms with Crippen LogP contribution in [0.3, 0.4) is 0 Å². The number of aromatic nitrogens is 4. The van der Waals surface area contributed by atoms with Crippen LogP contribution in [0.5, 0.6) is 0 Å². The van der Waals surface area contributed by atoms with Crippen molar-refractivity contribution >= 4 is 37.0 Å². The Balaban J connectivity index is 1.43. The molecule has 1 saturated heterocycles. The minimum absolute atomic E-state index is 0.00710. The summed E-state index contributed by atoms with van der Waals surface area (Å²) >= 11 is 0. The molecule has 1 unspecified atom stereocenters. The van der Waals surface area contributed by atoms with Crippen LogP contribution in [0, 0.1) is 5.92 Å². The second kappa shape index (κ2) is 11.7. The number of nitrogens with zero attached hydrogens (tertiary/aromatic N) is 5. The van der Waals surface area contributed by atoms with E-state index in [0.29, 0.717) is 38.0 Å². The third kappa shape index (κ3) is 7.43. The fourth-order valence-electron chi connectivity index (χ4n) is 4.20. The van der Waals surface area contributed by atoms with Crippen LogP contribution < -0.4 is 5.32 Å². The van der Waals surface area contributed by atoms with Crippen molar-refractivity contribution in [2.45, 2.75) is 39.5 Å². The third-order valence-corrected chi connectivity index (χ3v) is 9.72. The monoisotopic (exact) mass is 548 g/mol. The third-order valence-electron chi connectivity index (χ3n) is 6.46. The number of hydrogen-bond donors (Lipinski definition) is 1. The Morgan fingerprint density at radius 2 is 1.97 bits per heavy atom. The standard InChI is InChI=1S/C26H40N6O3S2/c1-20(2)10-15-37(33,34)32-13-8-21(18-32)29-25-22(7-6-11-27-25)24-17-28-26-23(30-24)9-12-31(26)19-35-14-16-36(3,4)5/h6-7,9,11-12,17,20-21H,8,10,13-16,18-19H2,1-5H3,(H,27,29). The largest absolute Gasteiger partial charge is 0.365 e. The van der Waals surface area contributed by atoms with Gasteiger partial charge in [0.25, 0.3) is 0 Å². The maximum Gasteiger partial charge on any atom is 0.214 e. The van der Waals surface area contributed by atoms with E-state index in [4.69, 9.17) is 9.72 Å². The fraction of sp³-hybridized carbons (Fsp3) is 0.577. The molecule has 0 aliphatic carbocycles. The van der Waals surface area contributed by atoms with Gasteiger partial charge in [0.2, 0.25) is 10.0 Å². The summed E-state index contributed by atoms with van der Waals surface area (Å²) in [6.07, 6.45) is 13.7. The lowest BCUT2D eigenvalue weighted by molar-refractivity contribution is 0.0923. The number of hydrogen-bond acceptors (Lipinski definition) is 7. The van der Waals surface area contributed by atoms with Gasteiger partial charge >= 0.3 is 0 Å². The van der Waals surface area contributed by atoms with Crippen LogP contribution in [-0.4, -0.2) is 88.3 Å². The first-order chi connectivity index (χ1) is 17.5. The summed E-state index contributed by atoms with van der Waals surface area (Å²) < 4.78 is 34.9. The molecule has 0 saturated carbocycles. The molecule has 3 aromatic heterocycles. The van der Waals surface area contributed by atoms with Gasteiger partial charge in [0.1, 0.15) is 18.1 Å². The molecule has 0 bridgehead atoms. The highest BCUT2D eigenvalue weighted by atomic mass is 32.3. The highest BCUT2D eigenvalue weighted by Gasteiger charge is 2.31. The maximum absolute atomic E-state index is 12.7. The summed E-state index contributed by atoms with van der Waals surface area (Å²) in [6, 6.07) is 5.78. The zero-order chi connectivity index (χ0) is 26.6. The molecule has 11 heteroatoms. The van der Waals surface area contributed by atoms with E-state index in [-0.39, 0.29) is 11.8 Å². The summed E-state index contributed by atoms with van der Waals surface area (Å²) in [5.74, 6) is 2.32. The van der Waals surface area contributed by atoms with Crippen LogP contribution >= 0.6 is 10.0 Å². The van der Waals surface area contributed by atoms with Gasteiger partial charge in [0.15, 0.2) is 5.65 Å². The van der Waals surface area contributed by atoms with Gasteiger partial charge in [-0.2, -0.15) is 4.31 Å². The highest BCUT2D eigenvalue weighted by molar-refractivity contribution is 8.32. The summed E-state index contributed by atoms with van der Waals surface area (Å²) in [5.41, 5.74) is 3.14. The van der Waals surface area contributed by atoms with Crippen LogP contribution in [0.2, 0.25) is 0 Å². The Kier molecular flexibility index (Phi) is 8.77. The topological polar surface area (TPSA) is 102 Å². The van der Waals surface area contributed by atoms with Crippen molar-refractivity contribution < 1.29 is 13.2 Å². The molecule has 1 fully saturated rings. The minimum Gasteiger partial charge on any atom is -0.365 e. The molecule has 1 aliphatic rings. The van der Waals surface area contributed by atoms with Gasteiger partial charge < -0.3 is 14.6 Å². The van der Waals surface area contributed by atoms with Crippen molar-refractivity contribution in [3.8, 4) is 11.3 Å². The first kappa shape index (κ1) is 27.8. The number of anilines is 1. The molecule has 9 nitrogen and oxygen atoms in total. The molecule has 4 heterocycles. The van der Waals surface area contributed by atoms with E-state index in [2.05, 4.69) is 34.1 Å². The lowest BCUT2D eigenvalue weighted by atomic mass is 10.1. The van der Waals surface area contributed by atoms with Crippen molar-refractivity contribution in [2.75, 3.05) is 55.3 Å². The number of nitrogens with one attached hydrogen (secondary N) is 1. The smallest absolute Gasteiger partial charge is 0.214 e. The summed E-state index contributed by atoms with van der Waals surface area (Å²) in [4.78, 5) is 14.1. The first-order valence-corrected chi connectivity index (χ1v) is 17.4. The average Bonchev–Trinajstić information content (AvgIpc) is 3.48. The Hall–Kier alpha value is -2.21. The zero-order valence-electron chi connectivity index (χ0n) is 22.6. The van der Waals surface area contributed by atoms with E-state index >= 15 is 0 Å². The molecule has 0 amide bonds. The van der Waals surface area contributed by atoms with Gasteiger partial charge in [-0.25, -0.2) is 33.4 Å². The van der Waals surface area contributed by atoms with Crippen molar-refractivity contribution in [2.24, 2.45) is 5.92 Å². The van der Waals surface area contributed by atoms with Crippen molar-refractivity contribution in [3.63, 3.8) is 0 Å². The lowest BCUT2D eigenvalue weighted by Crippen LogP contribution is -2.33. The SMILES string of the molecule is CC(C)CCS(=O)(=O)N1CCC(Nc2ncccc2-c2cnc3c(ccn3COCCS(C)(C)C)n2)C1. The van der Waals surface area contributed by atoms with E-state index in [0.717, 1.165) is 41.2 Å². The van der Waals surface area contributed by atoms with E-state index in [1.807, 2.05) is 42.8 Å². The van der Waals surface area contributed by atoms with Gasteiger partial charge in [0, 0.05) is 42.8 Å². The normalized spacial score (nSPS) is 17.6. The summed E-state index contributed by atoms with van der Waals surface area (Å²) in [6.45, 7) is 6.24. The van der Waals surface area contributed by atoms with Crippen molar-refractivity contribution in [1.82, 2.24) is 23.8 Å². The van der Waals surface area contributed by atoms with Crippen LogP contribution in [0.1, 0.15) is 26.7 Å². The second-order valence-corrected chi connectivity index (χ2v) is 17.6. The fourth-order valence-corrected chi connectivity index (χ4v) is 6.64. The lowest BCUT2D eigenvalue weighted by Gasteiger charge is -2.24. The van der Waals surface area contributed by atoms with E-state index in [1.165, 1.54) is 0 Å². The predicted molar refractivity (Wildman–Crippen MR) is 154 cm³/mol. The Labute approximate surface area is 222 Å². The molecule has 3 aromatic rings. The van der Waals surface area contributed by atoms with Crippen LogP contribution in [-0.2, 0) is 21.5 Å². The minimum atomic E-state index is -3.24. The number of fused-ring (bicyclic) bond motifs is 1. The quantitative estimate of drug-likeness (QED) is 0.341. The summed E-state index contributed by atoms with van der Waals surface area (Å²) in [7, 11) is -3.82. The van der Waals surface area contributed by atoms with Gasteiger partial charge in [-0.3, -0.25) is 0 Å². The van der Waals surface area contributed by atoms with Gasteiger partial charge in [-0.05, 0) is 55.7 Å². The Bertz CT molecular complexity index is 1300. The molecule has 0 aromatic carbocycles. The number of sulfonamides is 1. The molecular formula is C26H40N6O3S2. The molecule has 1 atom stereocenters.